The maximum atomic E-state index is 14.5. The van der Waals surface area contributed by atoms with Gasteiger partial charge in [-0.05, 0) is 38.8 Å². The van der Waals surface area contributed by atoms with E-state index in [0.29, 0.717) is 11.4 Å². The summed E-state index contributed by atoms with van der Waals surface area (Å²) in [5.74, 6) is -3.67. The average molecular weight is 499 g/mol. The van der Waals surface area contributed by atoms with Crippen molar-refractivity contribution in [1.29, 1.82) is 0 Å². The van der Waals surface area contributed by atoms with Crippen LogP contribution in [-0.4, -0.2) is 49.2 Å². The Morgan fingerprint density at radius 3 is 2.56 bits per heavy atom. The molecule has 0 unspecified atom stereocenters. The number of hydrogen-bond donors (Lipinski definition) is 4. The van der Waals surface area contributed by atoms with Crippen molar-refractivity contribution in [3.63, 3.8) is 0 Å². The largest absolute Gasteiger partial charge is 0.418 e. The van der Waals surface area contributed by atoms with E-state index in [1.54, 1.807) is 6.20 Å². The fraction of sp³-hybridized carbons (Fsp3) is 0.304. The highest BCUT2D eigenvalue weighted by molar-refractivity contribution is 6.03. The molecular weight excluding hydrogens is 476 g/mol. The minimum Gasteiger partial charge on any atom is -0.389 e. The molecule has 3 aromatic rings. The van der Waals surface area contributed by atoms with Crippen molar-refractivity contribution in [3.05, 3.63) is 59.9 Å². The maximum Gasteiger partial charge on any atom is 0.418 e. The topological polar surface area (TPSA) is 151 Å². The highest BCUT2D eigenvalue weighted by atomic mass is 19.2. The number of benzene rings is 1. The van der Waals surface area contributed by atoms with Crippen LogP contribution in [0.2, 0.25) is 0 Å². The SMILES string of the molecule is CC(C)(O)CNC(=O)c1c(NC(=O)Oc2nc(C3CC3)cnc2Nc2cncnc2)ccc(F)c1F. The summed E-state index contributed by atoms with van der Waals surface area (Å²) in [5.41, 5.74) is -1.31. The third-order valence-electron chi connectivity index (χ3n) is 5.01. The number of aromatic nitrogens is 4. The van der Waals surface area contributed by atoms with Crippen LogP contribution in [0.3, 0.4) is 0 Å². The third kappa shape index (κ3) is 6.24. The number of nitrogens with zero attached hydrogens (tertiary/aromatic N) is 4. The standard InChI is InChI=1S/C23H23F2N7O4/c1-23(2,35)10-29-20(33)17-15(6-5-14(24)18(17)25)32-22(34)36-21-19(30-13-7-26-11-27-8-13)28-9-16(31-21)12-3-4-12/h5-9,11-12,35H,3-4,10H2,1-2H3,(H,28,30)(H,29,33)(H,32,34). The molecule has 188 valence electrons. The smallest absolute Gasteiger partial charge is 0.389 e. The zero-order chi connectivity index (χ0) is 25.9. The van der Waals surface area contributed by atoms with Crippen LogP contribution in [0.4, 0.5) is 30.8 Å². The summed E-state index contributed by atoms with van der Waals surface area (Å²) in [4.78, 5) is 41.7. The summed E-state index contributed by atoms with van der Waals surface area (Å²) < 4.78 is 33.8. The van der Waals surface area contributed by atoms with Gasteiger partial charge in [0.2, 0.25) is 0 Å². The van der Waals surface area contributed by atoms with E-state index < -0.39 is 34.8 Å². The van der Waals surface area contributed by atoms with Gasteiger partial charge in [-0.3, -0.25) is 10.1 Å². The minimum absolute atomic E-state index is 0.0952. The lowest BCUT2D eigenvalue weighted by atomic mass is 10.1. The number of carbonyl (C=O) groups is 2. The van der Waals surface area contributed by atoms with Gasteiger partial charge in [-0.1, -0.05) is 0 Å². The van der Waals surface area contributed by atoms with Crippen LogP contribution >= 0.6 is 0 Å². The molecule has 2 aromatic heterocycles. The Hall–Kier alpha value is -4.26. The fourth-order valence-corrected chi connectivity index (χ4v) is 3.10. The molecule has 1 aliphatic rings. The van der Waals surface area contributed by atoms with Crippen molar-refractivity contribution in [2.24, 2.45) is 0 Å². The second-order valence-electron chi connectivity index (χ2n) is 8.77. The van der Waals surface area contributed by atoms with Gasteiger partial charge in [-0.15, -0.1) is 0 Å². The van der Waals surface area contributed by atoms with E-state index in [-0.39, 0.29) is 29.8 Å². The maximum absolute atomic E-state index is 14.5. The molecule has 0 saturated heterocycles. The van der Waals surface area contributed by atoms with Gasteiger partial charge < -0.3 is 20.5 Å². The van der Waals surface area contributed by atoms with E-state index in [2.05, 4.69) is 35.9 Å². The van der Waals surface area contributed by atoms with Gasteiger partial charge in [0.25, 0.3) is 11.8 Å². The average Bonchev–Trinajstić information content (AvgIpc) is 3.67. The number of aliphatic hydroxyl groups is 1. The Labute approximate surface area is 204 Å². The van der Waals surface area contributed by atoms with E-state index in [4.69, 9.17) is 4.74 Å². The van der Waals surface area contributed by atoms with Crippen LogP contribution in [0.5, 0.6) is 5.88 Å². The Bertz CT molecular complexity index is 1280. The molecule has 0 atom stereocenters. The van der Waals surface area contributed by atoms with Crippen molar-refractivity contribution in [2.45, 2.75) is 38.2 Å². The van der Waals surface area contributed by atoms with Crippen LogP contribution in [0, 0.1) is 11.6 Å². The second kappa shape index (κ2) is 10.2. The molecule has 4 N–H and O–H groups in total. The zero-order valence-electron chi connectivity index (χ0n) is 19.4. The van der Waals surface area contributed by atoms with E-state index in [1.165, 1.54) is 32.6 Å². The molecule has 13 heteroatoms. The number of hydrogen-bond acceptors (Lipinski definition) is 9. The van der Waals surface area contributed by atoms with Gasteiger partial charge >= 0.3 is 6.09 Å². The lowest BCUT2D eigenvalue weighted by molar-refractivity contribution is 0.0692. The molecule has 2 amide bonds. The quantitative estimate of drug-likeness (QED) is 0.366. The molecule has 11 nitrogen and oxygen atoms in total. The Morgan fingerprint density at radius 2 is 1.89 bits per heavy atom. The zero-order valence-corrected chi connectivity index (χ0v) is 19.4. The molecule has 2 heterocycles. The summed E-state index contributed by atoms with van der Waals surface area (Å²) in [6.07, 6.45) is 6.60. The molecule has 1 saturated carbocycles. The predicted octanol–water partition coefficient (Wildman–Crippen LogP) is 3.28. The number of nitrogens with one attached hydrogen (secondary N) is 3. The Morgan fingerprint density at radius 1 is 1.17 bits per heavy atom. The van der Waals surface area contributed by atoms with Crippen molar-refractivity contribution in [1.82, 2.24) is 25.3 Å². The summed E-state index contributed by atoms with van der Waals surface area (Å²) in [7, 11) is 0. The van der Waals surface area contributed by atoms with E-state index >= 15 is 0 Å². The van der Waals surface area contributed by atoms with Crippen LogP contribution in [0.15, 0.2) is 37.1 Å². The van der Waals surface area contributed by atoms with E-state index in [1.807, 2.05) is 0 Å². The first-order valence-corrected chi connectivity index (χ1v) is 11.0. The normalized spacial score (nSPS) is 13.1. The first kappa shape index (κ1) is 24.9. The molecule has 0 spiro atoms. The van der Waals surface area contributed by atoms with Gasteiger partial charge in [0, 0.05) is 12.5 Å². The summed E-state index contributed by atoms with van der Waals surface area (Å²) in [5, 5.41) is 17.3. The van der Waals surface area contributed by atoms with Crippen LogP contribution < -0.4 is 20.7 Å². The Kier molecular flexibility index (Phi) is 7.01. The Balaban J connectivity index is 1.57. The van der Waals surface area contributed by atoms with E-state index in [0.717, 1.165) is 25.0 Å². The number of anilines is 3. The molecule has 0 radical (unpaired) electrons. The monoisotopic (exact) mass is 499 g/mol. The first-order chi connectivity index (χ1) is 17.1. The highest BCUT2D eigenvalue weighted by Crippen LogP contribution is 2.40. The molecular formula is C23H23F2N7O4. The van der Waals surface area contributed by atoms with Gasteiger partial charge in [-0.25, -0.2) is 33.5 Å². The van der Waals surface area contributed by atoms with Crippen molar-refractivity contribution in [3.8, 4) is 5.88 Å². The molecule has 0 bridgehead atoms. The summed E-state index contributed by atoms with van der Waals surface area (Å²) >= 11 is 0. The lowest BCUT2D eigenvalue weighted by Crippen LogP contribution is -2.39. The van der Waals surface area contributed by atoms with Gasteiger partial charge in [-0.2, -0.15) is 0 Å². The molecule has 1 aliphatic carbocycles. The number of amides is 2. The number of carbonyl (C=O) groups excluding carboxylic acids is 2. The molecule has 1 aromatic carbocycles. The lowest BCUT2D eigenvalue weighted by Gasteiger charge is -2.19. The van der Waals surface area contributed by atoms with Crippen molar-refractivity contribution >= 4 is 29.2 Å². The van der Waals surface area contributed by atoms with Gasteiger partial charge in [0.05, 0.1) is 41.3 Å². The van der Waals surface area contributed by atoms with Crippen LogP contribution in [-0.2, 0) is 0 Å². The first-order valence-electron chi connectivity index (χ1n) is 11.0. The van der Waals surface area contributed by atoms with Crippen molar-refractivity contribution in [2.75, 3.05) is 17.2 Å². The second-order valence-corrected chi connectivity index (χ2v) is 8.77. The molecule has 4 rings (SSSR count). The van der Waals surface area contributed by atoms with Crippen LogP contribution in [0.1, 0.15) is 48.7 Å². The molecule has 36 heavy (non-hydrogen) atoms. The third-order valence-corrected chi connectivity index (χ3v) is 5.01. The molecule has 1 fully saturated rings. The number of rotatable bonds is 8. The van der Waals surface area contributed by atoms with Crippen LogP contribution in [0.25, 0.3) is 0 Å². The van der Waals surface area contributed by atoms with E-state index in [9.17, 15) is 23.5 Å². The summed E-state index contributed by atoms with van der Waals surface area (Å²) in [6.45, 7) is 2.61. The molecule has 0 aliphatic heterocycles. The predicted molar refractivity (Wildman–Crippen MR) is 124 cm³/mol. The van der Waals surface area contributed by atoms with Gasteiger partial charge in [0.15, 0.2) is 17.5 Å². The fourth-order valence-electron chi connectivity index (χ4n) is 3.10. The summed E-state index contributed by atoms with van der Waals surface area (Å²) in [6, 6.07) is 1.78. The number of halogens is 2. The van der Waals surface area contributed by atoms with Crippen molar-refractivity contribution < 1.29 is 28.2 Å². The minimum atomic E-state index is -1.47. The van der Waals surface area contributed by atoms with Gasteiger partial charge in [0.1, 0.15) is 11.9 Å². The highest BCUT2D eigenvalue weighted by Gasteiger charge is 2.28. The number of ether oxygens (including phenoxy) is 1.